The Balaban J connectivity index is 2.80. The summed E-state index contributed by atoms with van der Waals surface area (Å²) in [6.07, 6.45) is 3.98. The molecule has 1 heterocycles. The van der Waals surface area contributed by atoms with Crippen molar-refractivity contribution in [2.75, 3.05) is 20.3 Å². The first-order valence-electron chi connectivity index (χ1n) is 6.65. The molecule has 0 radical (unpaired) electrons. The van der Waals surface area contributed by atoms with Crippen LogP contribution < -0.4 is 0 Å². The Morgan fingerprint density at radius 2 is 2.00 bits per heavy atom. The molecule has 0 aliphatic rings. The molecule has 0 N–H and O–H groups in total. The van der Waals surface area contributed by atoms with E-state index in [1.54, 1.807) is 19.4 Å². The van der Waals surface area contributed by atoms with Gasteiger partial charge < -0.3 is 4.74 Å². The number of hydrogen-bond donors (Lipinski definition) is 0. The lowest BCUT2D eigenvalue weighted by Gasteiger charge is -2.30. The predicted molar refractivity (Wildman–Crippen MR) is 80.9 cm³/mol. The smallest absolute Gasteiger partial charge is 0.130 e. The van der Waals surface area contributed by atoms with Crippen molar-refractivity contribution in [3.63, 3.8) is 0 Å². The number of nitrogens with zero attached hydrogens (tertiary/aromatic N) is 2. The van der Waals surface area contributed by atoms with Gasteiger partial charge in [-0.15, -0.1) is 0 Å². The fraction of sp³-hybridized carbons (Fsp3) is 0.643. The van der Waals surface area contributed by atoms with Crippen LogP contribution in [0.4, 0.5) is 0 Å². The Morgan fingerprint density at radius 3 is 2.53 bits per heavy atom. The minimum absolute atomic E-state index is 0.430. The molecule has 5 heteroatoms. The monoisotopic (exact) mass is 304 g/mol. The molecule has 0 amide bonds. The molecule has 0 bridgehead atoms. The van der Waals surface area contributed by atoms with E-state index in [1.807, 2.05) is 0 Å². The number of ether oxygens (including phenoxy) is 1. The molecule has 0 spiro atoms. The van der Waals surface area contributed by atoms with Crippen LogP contribution in [0, 0.1) is 0 Å². The number of hydrogen-bond acceptors (Lipinski definition) is 3. The average Bonchev–Trinajstić information content (AvgIpc) is 2.39. The molecular formula is C14H22Cl2N2O. The summed E-state index contributed by atoms with van der Waals surface area (Å²) in [5, 5.41) is 1.10. The number of pyridine rings is 1. The Bertz CT molecular complexity index is 384. The number of rotatable bonds is 8. The highest BCUT2D eigenvalue weighted by molar-refractivity contribution is 6.34. The lowest BCUT2D eigenvalue weighted by Crippen LogP contribution is -2.36. The van der Waals surface area contributed by atoms with E-state index < -0.39 is 0 Å². The molecule has 19 heavy (non-hydrogen) atoms. The first-order chi connectivity index (χ1) is 9.12. The van der Waals surface area contributed by atoms with Crippen molar-refractivity contribution in [1.82, 2.24) is 9.88 Å². The van der Waals surface area contributed by atoms with Gasteiger partial charge in [-0.05, 0) is 18.9 Å². The van der Waals surface area contributed by atoms with E-state index >= 15 is 0 Å². The standard InChI is InChI=1S/C14H22Cl2N2O/c1-4-12(5-2)18(6-7-19-3)10-11-9-17-14(16)8-13(11)15/h8-9,12H,4-7,10H2,1-3H3. The Hall–Kier alpha value is -0.350. The van der Waals surface area contributed by atoms with E-state index in [-0.39, 0.29) is 0 Å². The van der Waals surface area contributed by atoms with E-state index in [0.717, 1.165) is 38.1 Å². The van der Waals surface area contributed by atoms with Gasteiger partial charge in [0, 0.05) is 43.0 Å². The summed E-state index contributed by atoms with van der Waals surface area (Å²) in [5.74, 6) is 0. The third kappa shape index (κ3) is 5.27. The van der Waals surface area contributed by atoms with Crippen molar-refractivity contribution < 1.29 is 4.74 Å². The van der Waals surface area contributed by atoms with Gasteiger partial charge in [-0.25, -0.2) is 4.98 Å². The summed E-state index contributed by atoms with van der Waals surface area (Å²) in [7, 11) is 1.72. The zero-order valence-electron chi connectivity index (χ0n) is 11.8. The summed E-state index contributed by atoms with van der Waals surface area (Å²) >= 11 is 12.0. The molecular weight excluding hydrogens is 283 g/mol. The second-order valence-electron chi connectivity index (χ2n) is 4.53. The van der Waals surface area contributed by atoms with E-state index in [9.17, 15) is 0 Å². The Labute approximate surface area is 125 Å². The van der Waals surface area contributed by atoms with Gasteiger partial charge in [0.05, 0.1) is 6.61 Å². The van der Waals surface area contributed by atoms with Crippen LogP contribution in [0.25, 0.3) is 0 Å². The van der Waals surface area contributed by atoms with Crippen LogP contribution in [0.1, 0.15) is 32.3 Å². The fourth-order valence-corrected chi connectivity index (χ4v) is 2.60. The minimum Gasteiger partial charge on any atom is -0.383 e. The summed E-state index contributed by atoms with van der Waals surface area (Å²) < 4.78 is 5.19. The van der Waals surface area contributed by atoms with Crippen LogP contribution in [-0.2, 0) is 11.3 Å². The largest absolute Gasteiger partial charge is 0.383 e. The van der Waals surface area contributed by atoms with Gasteiger partial charge in [0.25, 0.3) is 0 Å². The SMILES string of the molecule is CCC(CC)N(CCOC)Cc1cnc(Cl)cc1Cl. The van der Waals surface area contributed by atoms with Gasteiger partial charge in [-0.3, -0.25) is 4.90 Å². The maximum atomic E-state index is 6.22. The summed E-state index contributed by atoms with van der Waals surface area (Å²) in [4.78, 5) is 6.50. The van der Waals surface area contributed by atoms with E-state index in [0.29, 0.717) is 16.2 Å². The van der Waals surface area contributed by atoms with Gasteiger partial charge in [0.1, 0.15) is 5.15 Å². The Morgan fingerprint density at radius 1 is 1.32 bits per heavy atom. The molecule has 0 aliphatic heterocycles. The average molecular weight is 305 g/mol. The van der Waals surface area contributed by atoms with Crippen LogP contribution in [0.3, 0.4) is 0 Å². The second kappa shape index (κ2) is 8.75. The third-order valence-electron chi connectivity index (χ3n) is 3.31. The van der Waals surface area contributed by atoms with E-state index in [4.69, 9.17) is 27.9 Å². The topological polar surface area (TPSA) is 25.4 Å². The molecule has 0 unspecified atom stereocenters. The molecule has 0 saturated carbocycles. The number of halogens is 2. The molecule has 1 aromatic heterocycles. The lowest BCUT2D eigenvalue weighted by molar-refractivity contribution is 0.110. The molecule has 1 rings (SSSR count). The highest BCUT2D eigenvalue weighted by atomic mass is 35.5. The molecule has 0 atom stereocenters. The van der Waals surface area contributed by atoms with Crippen molar-refractivity contribution in [2.45, 2.75) is 39.3 Å². The maximum Gasteiger partial charge on any atom is 0.130 e. The Kier molecular flexibility index (Phi) is 7.69. The number of aromatic nitrogens is 1. The van der Waals surface area contributed by atoms with Gasteiger partial charge in [-0.1, -0.05) is 37.0 Å². The molecule has 3 nitrogen and oxygen atoms in total. The van der Waals surface area contributed by atoms with Gasteiger partial charge >= 0.3 is 0 Å². The highest BCUT2D eigenvalue weighted by Crippen LogP contribution is 2.22. The van der Waals surface area contributed by atoms with Crippen LogP contribution in [0.15, 0.2) is 12.3 Å². The summed E-state index contributed by atoms with van der Waals surface area (Å²) in [6, 6.07) is 2.22. The molecule has 0 aromatic carbocycles. The molecule has 0 fully saturated rings. The van der Waals surface area contributed by atoms with E-state index in [1.165, 1.54) is 0 Å². The first kappa shape index (κ1) is 16.7. The van der Waals surface area contributed by atoms with Crippen LogP contribution >= 0.6 is 23.2 Å². The second-order valence-corrected chi connectivity index (χ2v) is 5.33. The molecule has 0 aliphatic carbocycles. The quantitative estimate of drug-likeness (QED) is 0.678. The highest BCUT2D eigenvalue weighted by Gasteiger charge is 2.16. The van der Waals surface area contributed by atoms with E-state index in [2.05, 4.69) is 23.7 Å². The normalized spacial score (nSPS) is 11.5. The number of methoxy groups -OCH3 is 1. The summed E-state index contributed by atoms with van der Waals surface area (Å²) in [5.41, 5.74) is 1.01. The van der Waals surface area contributed by atoms with Gasteiger partial charge in [-0.2, -0.15) is 0 Å². The van der Waals surface area contributed by atoms with Crippen LogP contribution in [-0.4, -0.2) is 36.2 Å². The maximum absolute atomic E-state index is 6.22. The zero-order chi connectivity index (χ0) is 14.3. The third-order valence-corrected chi connectivity index (χ3v) is 3.87. The van der Waals surface area contributed by atoms with Crippen molar-refractivity contribution in [3.05, 3.63) is 28.0 Å². The molecule has 108 valence electrons. The lowest BCUT2D eigenvalue weighted by atomic mass is 10.1. The van der Waals surface area contributed by atoms with Crippen LogP contribution in [0.5, 0.6) is 0 Å². The van der Waals surface area contributed by atoms with Gasteiger partial charge in [0.2, 0.25) is 0 Å². The van der Waals surface area contributed by atoms with Crippen molar-refractivity contribution in [3.8, 4) is 0 Å². The van der Waals surface area contributed by atoms with Crippen molar-refractivity contribution >= 4 is 23.2 Å². The van der Waals surface area contributed by atoms with Gasteiger partial charge in [0.15, 0.2) is 0 Å². The fourth-order valence-electron chi connectivity index (χ4n) is 2.18. The van der Waals surface area contributed by atoms with Crippen LogP contribution in [0.2, 0.25) is 10.2 Å². The molecule has 0 saturated heterocycles. The van der Waals surface area contributed by atoms with Crippen molar-refractivity contribution in [2.24, 2.45) is 0 Å². The first-order valence-corrected chi connectivity index (χ1v) is 7.40. The molecule has 1 aromatic rings. The predicted octanol–water partition coefficient (Wildman–Crippen LogP) is 4.03. The zero-order valence-corrected chi connectivity index (χ0v) is 13.3. The summed E-state index contributed by atoms with van der Waals surface area (Å²) in [6.45, 7) is 6.79. The van der Waals surface area contributed by atoms with Crippen molar-refractivity contribution in [1.29, 1.82) is 0 Å². The minimum atomic E-state index is 0.430.